The molecule has 1 aliphatic heterocycles. The molecule has 2 N–H and O–H groups in total. The molecule has 16 heteroatoms. The Hall–Kier alpha value is -2.23. The van der Waals surface area contributed by atoms with Crippen LogP contribution in [0.3, 0.4) is 0 Å². The van der Waals surface area contributed by atoms with Gasteiger partial charge in [-0.15, -0.1) is 21.5 Å². The van der Waals surface area contributed by atoms with Gasteiger partial charge in [0, 0.05) is 37.5 Å². The molecule has 0 radical (unpaired) electrons. The van der Waals surface area contributed by atoms with Crippen LogP contribution >= 0.6 is 34.5 Å². The first-order valence-corrected chi connectivity index (χ1v) is 15.3. The number of aromatic nitrogens is 3. The third kappa shape index (κ3) is 6.80. The summed E-state index contributed by atoms with van der Waals surface area (Å²) >= 11 is 13.9. The van der Waals surface area contributed by atoms with Crippen LogP contribution in [-0.2, 0) is 16.4 Å². The molecular formula is C24H27Cl2F2N5O5S2. The van der Waals surface area contributed by atoms with Crippen molar-refractivity contribution in [3.8, 4) is 21.3 Å². The molecule has 218 valence electrons. The monoisotopic (exact) mass is 637 g/mol. The summed E-state index contributed by atoms with van der Waals surface area (Å²) in [4.78, 5) is 19.2. The summed E-state index contributed by atoms with van der Waals surface area (Å²) in [6, 6.07) is 2.26. The first-order valence-electron chi connectivity index (χ1n) is 12.2. The van der Waals surface area contributed by atoms with Crippen LogP contribution < -0.4 is 4.72 Å². The second-order valence-corrected chi connectivity index (χ2v) is 13.8. The Morgan fingerprint density at radius 2 is 1.88 bits per heavy atom. The highest BCUT2D eigenvalue weighted by molar-refractivity contribution is 7.89. The normalized spacial score (nSPS) is 16.1. The first-order chi connectivity index (χ1) is 18.5. The molecule has 0 unspecified atom stereocenters. The molecule has 3 heterocycles. The van der Waals surface area contributed by atoms with Crippen molar-refractivity contribution in [3.05, 3.63) is 33.8 Å². The minimum Gasteiger partial charge on any atom is -0.419 e. The smallest absolute Gasteiger partial charge is 0.276 e. The number of amides is 1. The number of halogens is 4. The Kier molecular flexibility index (Phi) is 8.61. The van der Waals surface area contributed by atoms with Gasteiger partial charge in [0.15, 0.2) is 5.01 Å². The topological polar surface area (TPSA) is 139 Å². The van der Waals surface area contributed by atoms with E-state index in [1.807, 2.05) is 0 Å². The lowest BCUT2D eigenvalue weighted by Gasteiger charge is -2.31. The maximum atomic E-state index is 13.8. The number of nitrogens with one attached hydrogen (secondary N) is 1. The van der Waals surface area contributed by atoms with Crippen LogP contribution in [0.1, 0.15) is 56.9 Å². The number of hydrogen-bond donors (Lipinski definition) is 2. The van der Waals surface area contributed by atoms with Crippen LogP contribution in [0.25, 0.3) is 21.3 Å². The predicted octanol–water partition coefficient (Wildman–Crippen LogP) is 5.04. The molecule has 0 aliphatic carbocycles. The molecule has 1 aliphatic rings. The van der Waals surface area contributed by atoms with Crippen molar-refractivity contribution >= 4 is 50.5 Å². The number of hydrogen-bond acceptors (Lipinski definition) is 9. The number of sulfonamides is 1. The second-order valence-electron chi connectivity index (χ2n) is 10.4. The highest BCUT2D eigenvalue weighted by Gasteiger charge is 2.38. The van der Waals surface area contributed by atoms with Crippen LogP contribution in [0.4, 0.5) is 8.78 Å². The number of benzene rings is 1. The molecule has 0 spiro atoms. The summed E-state index contributed by atoms with van der Waals surface area (Å²) in [5.74, 6) is -3.37. The number of piperidine rings is 1. The van der Waals surface area contributed by atoms with Gasteiger partial charge in [0.25, 0.3) is 17.7 Å². The van der Waals surface area contributed by atoms with Crippen molar-refractivity contribution in [2.75, 3.05) is 13.1 Å². The number of alkyl halides is 2. The number of aliphatic hydroxyl groups is 1. The summed E-state index contributed by atoms with van der Waals surface area (Å²) in [7, 11) is -3.99. The quantitative estimate of drug-likeness (QED) is 0.350. The van der Waals surface area contributed by atoms with E-state index in [-0.39, 0.29) is 67.4 Å². The molecule has 40 heavy (non-hydrogen) atoms. The third-order valence-corrected chi connectivity index (χ3v) is 9.59. The molecule has 1 saturated heterocycles. The molecule has 1 amide bonds. The largest absolute Gasteiger partial charge is 0.419 e. The van der Waals surface area contributed by atoms with Gasteiger partial charge in [-0.1, -0.05) is 29.3 Å². The summed E-state index contributed by atoms with van der Waals surface area (Å²) in [6.07, 6.45) is -0.915. The van der Waals surface area contributed by atoms with E-state index in [0.717, 1.165) is 11.3 Å². The van der Waals surface area contributed by atoms with E-state index in [0.29, 0.717) is 0 Å². The van der Waals surface area contributed by atoms with Crippen LogP contribution in [0.15, 0.2) is 21.4 Å². The van der Waals surface area contributed by atoms with Gasteiger partial charge in [-0.3, -0.25) is 4.79 Å². The van der Waals surface area contributed by atoms with Gasteiger partial charge in [0.05, 0.1) is 26.9 Å². The maximum Gasteiger partial charge on any atom is 0.276 e. The fourth-order valence-corrected chi connectivity index (χ4v) is 7.18. The van der Waals surface area contributed by atoms with Gasteiger partial charge in [0.2, 0.25) is 15.9 Å². The van der Waals surface area contributed by atoms with E-state index in [9.17, 15) is 27.1 Å². The lowest BCUT2D eigenvalue weighted by atomic mass is 10.1. The lowest BCUT2D eigenvalue weighted by molar-refractivity contribution is -0.0494. The number of carbonyl (C=O) groups excluding carboxylic acids is 1. The maximum absolute atomic E-state index is 13.8. The van der Waals surface area contributed by atoms with Crippen LogP contribution in [0.2, 0.25) is 10.0 Å². The Morgan fingerprint density at radius 1 is 1.23 bits per heavy atom. The molecular weight excluding hydrogens is 611 g/mol. The van der Waals surface area contributed by atoms with E-state index < -0.39 is 46.3 Å². The SMILES string of the molecule is CC(C)NS(=O)(=O)c1ccc(-c2sc(-c3nnc(CC(C)(C)O)o3)nc2C(=O)N2CCC(F)(F)CC2)c(Cl)c1Cl. The van der Waals surface area contributed by atoms with Crippen molar-refractivity contribution < 1.29 is 31.5 Å². The van der Waals surface area contributed by atoms with Crippen molar-refractivity contribution in [2.24, 2.45) is 0 Å². The minimum atomic E-state index is -3.99. The van der Waals surface area contributed by atoms with Gasteiger partial charge in [-0.05, 0) is 33.8 Å². The zero-order valence-electron chi connectivity index (χ0n) is 22.0. The number of rotatable bonds is 8. The van der Waals surface area contributed by atoms with Crippen molar-refractivity contribution in [1.82, 2.24) is 24.8 Å². The molecule has 0 bridgehead atoms. The van der Waals surface area contributed by atoms with E-state index in [2.05, 4.69) is 19.9 Å². The van der Waals surface area contributed by atoms with Gasteiger partial charge >= 0.3 is 0 Å². The Bertz CT molecular complexity index is 1530. The van der Waals surface area contributed by atoms with Gasteiger partial charge in [-0.2, -0.15) is 0 Å². The highest BCUT2D eigenvalue weighted by atomic mass is 35.5. The van der Waals surface area contributed by atoms with Gasteiger partial charge < -0.3 is 14.4 Å². The molecule has 1 fully saturated rings. The predicted molar refractivity (Wildman–Crippen MR) is 146 cm³/mol. The van der Waals surface area contributed by atoms with E-state index >= 15 is 0 Å². The first kappa shape index (κ1) is 30.7. The van der Waals surface area contributed by atoms with Crippen molar-refractivity contribution in [3.63, 3.8) is 0 Å². The van der Waals surface area contributed by atoms with Gasteiger partial charge in [-0.25, -0.2) is 26.9 Å². The van der Waals surface area contributed by atoms with Crippen LogP contribution in [0.5, 0.6) is 0 Å². The lowest BCUT2D eigenvalue weighted by Crippen LogP contribution is -2.43. The number of thiazole rings is 1. The fourth-order valence-electron chi connectivity index (χ4n) is 4.00. The average molecular weight is 639 g/mol. The molecule has 3 aromatic rings. The van der Waals surface area contributed by atoms with Crippen molar-refractivity contribution in [1.29, 1.82) is 0 Å². The Morgan fingerprint density at radius 3 is 2.48 bits per heavy atom. The average Bonchev–Trinajstić information content (AvgIpc) is 3.45. The Balaban J connectivity index is 1.80. The number of carbonyl (C=O) groups is 1. The standard InChI is InChI=1S/C24H27Cl2F2N5O5S2/c1-12(2)32-40(36,37)14-6-5-13(16(25)17(14)26)19-18(22(34)33-9-7-24(27,28)8-10-33)29-21(39-19)20-31-30-15(38-20)11-23(3,4)35/h5-6,12,32,35H,7-11H2,1-4H3. The zero-order chi connectivity index (χ0) is 29.6. The molecule has 10 nitrogen and oxygen atoms in total. The van der Waals surface area contributed by atoms with E-state index in [1.165, 1.54) is 17.0 Å². The summed E-state index contributed by atoms with van der Waals surface area (Å²) in [5.41, 5.74) is -1.02. The van der Waals surface area contributed by atoms with E-state index in [4.69, 9.17) is 27.6 Å². The van der Waals surface area contributed by atoms with Gasteiger partial charge in [0.1, 0.15) is 10.6 Å². The van der Waals surface area contributed by atoms with Crippen LogP contribution in [-0.4, -0.2) is 70.2 Å². The molecule has 4 rings (SSSR count). The van der Waals surface area contributed by atoms with E-state index in [1.54, 1.807) is 27.7 Å². The molecule has 0 saturated carbocycles. The molecule has 0 atom stereocenters. The number of likely N-dealkylation sites (tertiary alicyclic amines) is 1. The minimum absolute atomic E-state index is 0.0303. The molecule has 2 aromatic heterocycles. The summed E-state index contributed by atoms with van der Waals surface area (Å²) in [5, 5.41) is 17.7. The highest BCUT2D eigenvalue weighted by Crippen LogP contribution is 2.43. The summed E-state index contributed by atoms with van der Waals surface area (Å²) < 4.78 is 61.1. The summed E-state index contributed by atoms with van der Waals surface area (Å²) in [6.45, 7) is 6.09. The zero-order valence-corrected chi connectivity index (χ0v) is 25.1. The second kappa shape index (κ2) is 11.2. The molecule has 1 aromatic carbocycles. The third-order valence-electron chi connectivity index (χ3n) is 5.82. The fraction of sp³-hybridized carbons (Fsp3) is 0.500. The van der Waals surface area contributed by atoms with Crippen LogP contribution in [0, 0.1) is 0 Å². The Labute approximate surface area is 243 Å². The number of nitrogens with zero attached hydrogens (tertiary/aromatic N) is 4. The van der Waals surface area contributed by atoms with Crippen molar-refractivity contribution in [2.45, 2.75) is 69.4 Å².